The molecule has 0 saturated carbocycles. The van der Waals surface area contributed by atoms with E-state index in [1.807, 2.05) is 6.08 Å². The van der Waals surface area contributed by atoms with Crippen molar-refractivity contribution in [1.29, 1.82) is 0 Å². The van der Waals surface area contributed by atoms with Crippen LogP contribution in [0.1, 0.15) is 20.8 Å². The molecule has 11 heavy (non-hydrogen) atoms. The van der Waals surface area contributed by atoms with Gasteiger partial charge >= 0.3 is 0 Å². The van der Waals surface area contributed by atoms with Crippen LogP contribution in [0.4, 0.5) is 0 Å². The SMILES string of the molecule is CC1=C=CC=C(C(C)C)C=C1. The normalized spacial score (nSPS) is 16.4. The summed E-state index contributed by atoms with van der Waals surface area (Å²) >= 11 is 0. The molecule has 0 bridgehead atoms. The van der Waals surface area contributed by atoms with E-state index in [2.05, 4.69) is 44.7 Å². The Morgan fingerprint density at radius 2 is 2.00 bits per heavy atom. The first kappa shape index (κ1) is 8.10. The average Bonchev–Trinajstić information content (AvgIpc) is 2.13. The van der Waals surface area contributed by atoms with Crippen LogP contribution < -0.4 is 0 Å². The van der Waals surface area contributed by atoms with Crippen LogP contribution in [0.3, 0.4) is 0 Å². The lowest BCUT2D eigenvalue weighted by molar-refractivity contribution is 0.792. The highest BCUT2D eigenvalue weighted by Crippen LogP contribution is 2.13. The first-order valence-electron chi connectivity index (χ1n) is 4.01. The van der Waals surface area contributed by atoms with Gasteiger partial charge in [0.25, 0.3) is 0 Å². The second-order valence-electron chi connectivity index (χ2n) is 3.15. The topological polar surface area (TPSA) is 0 Å². The fourth-order valence-corrected chi connectivity index (χ4v) is 0.979. The molecule has 0 radical (unpaired) electrons. The maximum atomic E-state index is 3.16. The van der Waals surface area contributed by atoms with Gasteiger partial charge in [-0.15, -0.1) is 5.73 Å². The van der Waals surface area contributed by atoms with Gasteiger partial charge in [-0.25, -0.2) is 0 Å². The van der Waals surface area contributed by atoms with Crippen LogP contribution in [-0.4, -0.2) is 0 Å². The molecule has 0 aromatic rings. The predicted octanol–water partition coefficient (Wildman–Crippen LogP) is 3.24. The third-order valence-electron chi connectivity index (χ3n) is 1.78. The zero-order chi connectivity index (χ0) is 8.27. The highest BCUT2D eigenvalue weighted by atomic mass is 14.0. The van der Waals surface area contributed by atoms with E-state index in [1.165, 1.54) is 11.1 Å². The van der Waals surface area contributed by atoms with Crippen LogP contribution in [0, 0.1) is 5.92 Å². The lowest BCUT2D eigenvalue weighted by Crippen LogP contribution is -1.88. The summed E-state index contributed by atoms with van der Waals surface area (Å²) in [5, 5.41) is 0. The van der Waals surface area contributed by atoms with Crippen molar-refractivity contribution in [1.82, 2.24) is 0 Å². The Hall–Kier alpha value is -1.00. The third kappa shape index (κ3) is 2.25. The number of hydrogen-bond donors (Lipinski definition) is 0. The van der Waals surface area contributed by atoms with Gasteiger partial charge in [0.15, 0.2) is 0 Å². The summed E-state index contributed by atoms with van der Waals surface area (Å²) in [6, 6.07) is 0. The maximum Gasteiger partial charge on any atom is -0.00913 e. The van der Waals surface area contributed by atoms with Gasteiger partial charge in [0.1, 0.15) is 0 Å². The van der Waals surface area contributed by atoms with Crippen LogP contribution in [0.15, 0.2) is 41.2 Å². The van der Waals surface area contributed by atoms with Gasteiger partial charge in [-0.05, 0) is 30.1 Å². The number of allylic oxidation sites excluding steroid dienone is 5. The van der Waals surface area contributed by atoms with Crippen molar-refractivity contribution < 1.29 is 0 Å². The molecule has 1 aliphatic carbocycles. The quantitative estimate of drug-likeness (QED) is 0.498. The molecule has 0 spiro atoms. The van der Waals surface area contributed by atoms with Crippen LogP contribution in [-0.2, 0) is 0 Å². The Morgan fingerprint density at radius 1 is 1.27 bits per heavy atom. The fourth-order valence-electron chi connectivity index (χ4n) is 0.979. The van der Waals surface area contributed by atoms with E-state index in [9.17, 15) is 0 Å². The van der Waals surface area contributed by atoms with Crippen molar-refractivity contribution in [3.8, 4) is 0 Å². The van der Waals surface area contributed by atoms with Gasteiger partial charge in [-0.3, -0.25) is 0 Å². The second-order valence-corrected chi connectivity index (χ2v) is 3.15. The molecule has 0 aromatic carbocycles. The molecule has 0 saturated heterocycles. The highest BCUT2D eigenvalue weighted by Gasteiger charge is 1.97. The Kier molecular flexibility index (Phi) is 2.51. The summed E-state index contributed by atoms with van der Waals surface area (Å²) in [6.45, 7) is 6.46. The van der Waals surface area contributed by atoms with E-state index < -0.39 is 0 Å². The second kappa shape index (κ2) is 3.41. The lowest BCUT2D eigenvalue weighted by Gasteiger charge is -2.02. The summed E-state index contributed by atoms with van der Waals surface area (Å²) in [5.74, 6) is 0.607. The molecular formula is C11H14. The molecule has 0 amide bonds. The number of rotatable bonds is 1. The Labute approximate surface area is 68.6 Å². The van der Waals surface area contributed by atoms with Crippen LogP contribution in [0.25, 0.3) is 0 Å². The molecular weight excluding hydrogens is 132 g/mol. The molecule has 1 rings (SSSR count). The molecule has 0 aromatic heterocycles. The summed E-state index contributed by atoms with van der Waals surface area (Å²) in [5.41, 5.74) is 5.72. The van der Waals surface area contributed by atoms with Gasteiger partial charge in [0, 0.05) is 0 Å². The first-order valence-corrected chi connectivity index (χ1v) is 4.01. The molecule has 0 heterocycles. The van der Waals surface area contributed by atoms with E-state index in [0.29, 0.717) is 5.92 Å². The maximum absolute atomic E-state index is 3.16. The molecule has 0 nitrogen and oxygen atoms in total. The zero-order valence-electron chi connectivity index (χ0n) is 7.39. The minimum Gasteiger partial charge on any atom is -0.118 e. The fraction of sp³-hybridized carbons (Fsp3) is 0.364. The van der Waals surface area contributed by atoms with Gasteiger partial charge in [-0.1, -0.05) is 32.1 Å². The van der Waals surface area contributed by atoms with Crippen LogP contribution in [0.2, 0.25) is 0 Å². The van der Waals surface area contributed by atoms with E-state index in [4.69, 9.17) is 0 Å². The van der Waals surface area contributed by atoms with Gasteiger partial charge in [0.05, 0.1) is 0 Å². The molecule has 0 aliphatic heterocycles. The van der Waals surface area contributed by atoms with Crippen LogP contribution >= 0.6 is 0 Å². The summed E-state index contributed by atoms with van der Waals surface area (Å²) < 4.78 is 0. The summed E-state index contributed by atoms with van der Waals surface area (Å²) in [4.78, 5) is 0. The molecule has 0 unspecified atom stereocenters. The van der Waals surface area contributed by atoms with Crippen molar-refractivity contribution in [2.45, 2.75) is 20.8 Å². The van der Waals surface area contributed by atoms with Crippen molar-refractivity contribution in [2.24, 2.45) is 5.92 Å². The van der Waals surface area contributed by atoms with Crippen LogP contribution in [0.5, 0.6) is 0 Å². The van der Waals surface area contributed by atoms with Crippen molar-refractivity contribution >= 4 is 0 Å². The minimum atomic E-state index is 0.607. The van der Waals surface area contributed by atoms with E-state index in [1.54, 1.807) is 0 Å². The average molecular weight is 146 g/mol. The Balaban J connectivity index is 2.87. The Bertz CT molecular complexity index is 256. The zero-order valence-corrected chi connectivity index (χ0v) is 7.39. The molecule has 58 valence electrons. The molecule has 1 aliphatic rings. The van der Waals surface area contributed by atoms with E-state index >= 15 is 0 Å². The highest BCUT2D eigenvalue weighted by molar-refractivity contribution is 5.34. The third-order valence-corrected chi connectivity index (χ3v) is 1.78. The largest absolute Gasteiger partial charge is 0.118 e. The van der Waals surface area contributed by atoms with Gasteiger partial charge < -0.3 is 0 Å². The standard InChI is InChI=1S/C11H14/c1-9(2)11-6-4-5-10(3)7-8-11/h4,6-9H,1-3H3. The predicted molar refractivity (Wildman–Crippen MR) is 49.3 cm³/mol. The lowest BCUT2D eigenvalue weighted by atomic mass is 10.0. The first-order chi connectivity index (χ1) is 5.20. The van der Waals surface area contributed by atoms with E-state index in [-0.39, 0.29) is 0 Å². The minimum absolute atomic E-state index is 0.607. The van der Waals surface area contributed by atoms with Gasteiger partial charge in [-0.2, -0.15) is 0 Å². The molecule has 0 heteroatoms. The number of hydrogen-bond acceptors (Lipinski definition) is 0. The van der Waals surface area contributed by atoms with Gasteiger partial charge in [0.2, 0.25) is 0 Å². The van der Waals surface area contributed by atoms with E-state index in [0.717, 1.165) is 0 Å². The smallest absolute Gasteiger partial charge is 0.00913 e. The molecule has 0 fully saturated rings. The van der Waals surface area contributed by atoms with Crippen molar-refractivity contribution in [3.63, 3.8) is 0 Å². The summed E-state index contributed by atoms with van der Waals surface area (Å²) in [7, 11) is 0. The monoisotopic (exact) mass is 146 g/mol. The van der Waals surface area contributed by atoms with Crippen molar-refractivity contribution in [3.05, 3.63) is 41.2 Å². The molecule has 0 atom stereocenters. The molecule has 0 N–H and O–H groups in total. The summed E-state index contributed by atoms with van der Waals surface area (Å²) in [6.07, 6.45) is 8.38. The van der Waals surface area contributed by atoms with Crippen molar-refractivity contribution in [2.75, 3.05) is 0 Å². The Morgan fingerprint density at radius 3 is 2.64 bits per heavy atom.